The number of benzene rings is 3. The van der Waals surface area contributed by atoms with E-state index in [9.17, 15) is 18.0 Å². The Morgan fingerprint density at radius 3 is 2.48 bits per heavy atom. The van der Waals surface area contributed by atoms with Crippen LogP contribution in [-0.2, 0) is 17.4 Å². The molecule has 1 heterocycles. The molecule has 0 unspecified atom stereocenters. The van der Waals surface area contributed by atoms with Crippen molar-refractivity contribution in [2.45, 2.75) is 12.6 Å². The Morgan fingerprint density at radius 1 is 0.889 bits per heavy atom. The van der Waals surface area contributed by atoms with Crippen LogP contribution in [0.2, 0.25) is 0 Å². The van der Waals surface area contributed by atoms with Crippen molar-refractivity contribution < 1.29 is 22.4 Å². The summed E-state index contributed by atoms with van der Waals surface area (Å²) >= 11 is 0. The van der Waals surface area contributed by atoms with E-state index in [1.165, 1.54) is 12.1 Å². The monoisotopic (exact) mass is 369 g/mol. The van der Waals surface area contributed by atoms with Crippen LogP contribution in [0.1, 0.15) is 11.1 Å². The van der Waals surface area contributed by atoms with Gasteiger partial charge in [0.25, 0.3) is 0 Å². The summed E-state index contributed by atoms with van der Waals surface area (Å²) < 4.78 is 44.1. The average Bonchev–Trinajstić information content (AvgIpc) is 2.99. The summed E-state index contributed by atoms with van der Waals surface area (Å²) in [4.78, 5) is 12.3. The summed E-state index contributed by atoms with van der Waals surface area (Å²) in [5.74, 6) is -0.388. The number of alkyl halides is 3. The van der Waals surface area contributed by atoms with Gasteiger partial charge in [-0.1, -0.05) is 36.4 Å². The van der Waals surface area contributed by atoms with Crippen molar-refractivity contribution >= 4 is 33.5 Å². The second kappa shape index (κ2) is 6.46. The molecule has 0 saturated heterocycles. The van der Waals surface area contributed by atoms with E-state index in [0.29, 0.717) is 16.8 Å². The van der Waals surface area contributed by atoms with Crippen LogP contribution in [0.5, 0.6) is 0 Å². The Bertz CT molecular complexity index is 1150. The van der Waals surface area contributed by atoms with Gasteiger partial charge in [0.15, 0.2) is 0 Å². The second-order valence-electron chi connectivity index (χ2n) is 6.23. The number of hydrogen-bond donors (Lipinski definition) is 1. The third-order valence-corrected chi connectivity index (χ3v) is 4.28. The van der Waals surface area contributed by atoms with Crippen molar-refractivity contribution in [2.24, 2.45) is 0 Å². The highest BCUT2D eigenvalue weighted by atomic mass is 19.4. The van der Waals surface area contributed by atoms with E-state index < -0.39 is 11.7 Å². The smallest absolute Gasteiger partial charge is 0.416 e. The topological polar surface area (TPSA) is 42.2 Å². The molecule has 1 aromatic heterocycles. The molecular formula is C21H14F3NO2. The minimum Gasteiger partial charge on any atom is -0.456 e. The zero-order valence-corrected chi connectivity index (χ0v) is 14.0. The maximum atomic E-state index is 12.8. The Hall–Kier alpha value is -3.28. The number of halogens is 3. The number of amides is 1. The summed E-state index contributed by atoms with van der Waals surface area (Å²) in [6.07, 6.45) is -4.58. The SMILES string of the molecule is O=C(Cc1cccc(C(F)(F)F)c1)Nc1ccc2oc3ccccc3c2c1. The minimum atomic E-state index is -4.43. The van der Waals surface area contributed by atoms with Gasteiger partial charge in [0.05, 0.1) is 12.0 Å². The highest BCUT2D eigenvalue weighted by Gasteiger charge is 2.30. The summed E-state index contributed by atoms with van der Waals surface area (Å²) in [5.41, 5.74) is 1.55. The summed E-state index contributed by atoms with van der Waals surface area (Å²) in [7, 11) is 0. The highest BCUT2D eigenvalue weighted by molar-refractivity contribution is 6.07. The quantitative estimate of drug-likeness (QED) is 0.497. The lowest BCUT2D eigenvalue weighted by Gasteiger charge is -2.09. The molecule has 4 aromatic rings. The van der Waals surface area contributed by atoms with E-state index in [4.69, 9.17) is 4.42 Å². The van der Waals surface area contributed by atoms with Crippen molar-refractivity contribution in [1.29, 1.82) is 0 Å². The number of carbonyl (C=O) groups is 1. The first-order chi connectivity index (χ1) is 12.9. The third-order valence-electron chi connectivity index (χ3n) is 4.28. The molecule has 136 valence electrons. The summed E-state index contributed by atoms with van der Waals surface area (Å²) in [6, 6.07) is 17.6. The van der Waals surface area contributed by atoms with Gasteiger partial charge >= 0.3 is 6.18 Å². The van der Waals surface area contributed by atoms with Crippen molar-refractivity contribution in [3.63, 3.8) is 0 Å². The lowest BCUT2D eigenvalue weighted by Crippen LogP contribution is -2.15. The molecule has 1 N–H and O–H groups in total. The number of hydrogen-bond acceptors (Lipinski definition) is 2. The third kappa shape index (κ3) is 3.51. The molecular weight excluding hydrogens is 355 g/mol. The summed E-state index contributed by atoms with van der Waals surface area (Å²) in [5, 5.41) is 4.53. The lowest BCUT2D eigenvalue weighted by molar-refractivity contribution is -0.137. The zero-order chi connectivity index (χ0) is 19.0. The van der Waals surface area contributed by atoms with Gasteiger partial charge in [-0.2, -0.15) is 13.2 Å². The molecule has 1 amide bonds. The summed E-state index contributed by atoms with van der Waals surface area (Å²) in [6.45, 7) is 0. The molecule has 0 aliphatic heterocycles. The predicted octanol–water partition coefficient (Wildman–Crippen LogP) is 5.79. The number of para-hydroxylation sites is 1. The largest absolute Gasteiger partial charge is 0.456 e. The fourth-order valence-electron chi connectivity index (χ4n) is 3.05. The molecule has 0 spiro atoms. The molecule has 0 aliphatic rings. The maximum Gasteiger partial charge on any atom is 0.416 e. The lowest BCUT2D eigenvalue weighted by atomic mass is 10.1. The Labute approximate surface area is 152 Å². The standard InChI is InChI=1S/C21H14F3NO2/c22-21(23,24)14-5-3-4-13(10-14)11-20(26)25-15-8-9-19-17(12-15)16-6-1-2-7-18(16)27-19/h1-10,12H,11H2,(H,25,26). The van der Waals surface area contributed by atoms with Crippen LogP contribution < -0.4 is 5.32 Å². The van der Waals surface area contributed by atoms with Gasteiger partial charge in [0.2, 0.25) is 5.91 Å². The fraction of sp³-hybridized carbons (Fsp3) is 0.0952. The molecule has 0 aliphatic carbocycles. The van der Waals surface area contributed by atoms with Gasteiger partial charge in [-0.3, -0.25) is 4.79 Å². The van der Waals surface area contributed by atoms with E-state index in [0.717, 1.165) is 28.5 Å². The Kier molecular flexibility index (Phi) is 4.11. The van der Waals surface area contributed by atoms with Crippen molar-refractivity contribution in [3.05, 3.63) is 77.9 Å². The number of rotatable bonds is 3. The van der Waals surface area contributed by atoms with Gasteiger partial charge < -0.3 is 9.73 Å². The van der Waals surface area contributed by atoms with Gasteiger partial charge in [-0.15, -0.1) is 0 Å². The van der Waals surface area contributed by atoms with Crippen molar-refractivity contribution in [3.8, 4) is 0 Å². The van der Waals surface area contributed by atoms with Crippen LogP contribution in [0.4, 0.5) is 18.9 Å². The Balaban J connectivity index is 1.55. The number of fused-ring (bicyclic) bond motifs is 3. The van der Waals surface area contributed by atoms with E-state index in [-0.39, 0.29) is 12.3 Å². The van der Waals surface area contributed by atoms with Crippen LogP contribution in [0, 0.1) is 0 Å². The number of carbonyl (C=O) groups excluding carboxylic acids is 1. The van der Waals surface area contributed by atoms with Gasteiger partial charge in [-0.25, -0.2) is 0 Å². The number of nitrogens with one attached hydrogen (secondary N) is 1. The van der Waals surface area contributed by atoms with Gasteiger partial charge in [0, 0.05) is 16.5 Å². The first-order valence-electron chi connectivity index (χ1n) is 8.27. The first kappa shape index (κ1) is 17.1. The molecule has 0 bridgehead atoms. The molecule has 0 radical (unpaired) electrons. The van der Waals surface area contributed by atoms with E-state index >= 15 is 0 Å². The van der Waals surface area contributed by atoms with E-state index in [1.54, 1.807) is 18.2 Å². The second-order valence-corrected chi connectivity index (χ2v) is 6.23. The number of furan rings is 1. The fourth-order valence-corrected chi connectivity index (χ4v) is 3.05. The molecule has 3 nitrogen and oxygen atoms in total. The van der Waals surface area contributed by atoms with Crippen LogP contribution in [0.15, 0.2) is 71.1 Å². The molecule has 0 saturated carbocycles. The Morgan fingerprint density at radius 2 is 1.67 bits per heavy atom. The van der Waals surface area contributed by atoms with E-state index in [1.807, 2.05) is 24.3 Å². The zero-order valence-electron chi connectivity index (χ0n) is 14.0. The molecule has 4 rings (SSSR count). The van der Waals surface area contributed by atoms with Crippen LogP contribution in [0.3, 0.4) is 0 Å². The first-order valence-corrected chi connectivity index (χ1v) is 8.27. The predicted molar refractivity (Wildman–Crippen MR) is 97.5 cm³/mol. The maximum absolute atomic E-state index is 12.8. The van der Waals surface area contributed by atoms with Crippen molar-refractivity contribution in [2.75, 3.05) is 5.32 Å². The van der Waals surface area contributed by atoms with Crippen LogP contribution in [-0.4, -0.2) is 5.91 Å². The average molecular weight is 369 g/mol. The molecule has 3 aromatic carbocycles. The van der Waals surface area contributed by atoms with E-state index in [2.05, 4.69) is 5.32 Å². The molecule has 0 atom stereocenters. The van der Waals surface area contributed by atoms with Crippen molar-refractivity contribution in [1.82, 2.24) is 0 Å². The van der Waals surface area contributed by atoms with Crippen LogP contribution >= 0.6 is 0 Å². The normalized spacial score (nSPS) is 11.8. The molecule has 0 fully saturated rings. The van der Waals surface area contributed by atoms with Crippen LogP contribution in [0.25, 0.3) is 21.9 Å². The molecule has 6 heteroatoms. The minimum absolute atomic E-state index is 0.145. The van der Waals surface area contributed by atoms with Gasteiger partial charge in [-0.05, 0) is 35.9 Å². The molecule has 27 heavy (non-hydrogen) atoms. The van der Waals surface area contributed by atoms with Gasteiger partial charge in [0.1, 0.15) is 11.2 Å². The number of anilines is 1. The highest BCUT2D eigenvalue weighted by Crippen LogP contribution is 2.31.